The highest BCUT2D eigenvalue weighted by molar-refractivity contribution is 7.80. The van der Waals surface area contributed by atoms with E-state index in [1.165, 1.54) is 11.8 Å². The Hall–Kier alpha value is -1.85. The third kappa shape index (κ3) is 6.08. The number of nitrogens with zero attached hydrogens (tertiary/aromatic N) is 1. The first kappa shape index (κ1) is 24.2. The zero-order valence-electron chi connectivity index (χ0n) is 16.3. The number of carboxylic acid groups (broad SMARTS) is 1. The summed E-state index contributed by atoms with van der Waals surface area (Å²) in [6, 6.07) is -4.09. The van der Waals surface area contributed by atoms with E-state index in [1.54, 1.807) is 13.8 Å². The van der Waals surface area contributed by atoms with Crippen molar-refractivity contribution in [1.82, 2.24) is 15.5 Å². The van der Waals surface area contributed by atoms with Gasteiger partial charge in [0, 0.05) is 12.3 Å². The topological polar surface area (TPSA) is 162 Å². The molecule has 0 bridgehead atoms. The van der Waals surface area contributed by atoms with Crippen LogP contribution in [0.25, 0.3) is 0 Å². The van der Waals surface area contributed by atoms with E-state index >= 15 is 0 Å². The lowest BCUT2D eigenvalue weighted by atomic mass is 10.0. The Bertz CT molecular complexity index is 600. The van der Waals surface area contributed by atoms with E-state index in [2.05, 4.69) is 23.3 Å². The van der Waals surface area contributed by atoms with E-state index in [1.807, 2.05) is 0 Å². The average Bonchev–Trinajstić information content (AvgIpc) is 3.11. The summed E-state index contributed by atoms with van der Waals surface area (Å²) < 4.78 is 0. The van der Waals surface area contributed by atoms with Crippen LogP contribution in [0.2, 0.25) is 0 Å². The summed E-state index contributed by atoms with van der Waals surface area (Å²) in [7, 11) is 0. The Morgan fingerprint density at radius 2 is 1.79 bits per heavy atom. The normalized spacial score (nSPS) is 21.0. The second kappa shape index (κ2) is 10.6. The molecule has 1 heterocycles. The highest BCUT2D eigenvalue weighted by Crippen LogP contribution is 2.19. The van der Waals surface area contributed by atoms with E-state index in [4.69, 9.17) is 10.8 Å². The van der Waals surface area contributed by atoms with Crippen LogP contribution < -0.4 is 16.4 Å². The van der Waals surface area contributed by atoms with E-state index in [0.717, 1.165) is 0 Å². The molecule has 11 heteroatoms. The smallest absolute Gasteiger partial charge is 0.328 e. The van der Waals surface area contributed by atoms with Gasteiger partial charge in [0.15, 0.2) is 6.04 Å². The Morgan fingerprint density at radius 3 is 2.25 bits per heavy atom. The molecule has 0 aromatic heterocycles. The van der Waals surface area contributed by atoms with E-state index < -0.39 is 48.1 Å². The Balaban J connectivity index is 2.88. The molecule has 0 radical (unpaired) electrons. The van der Waals surface area contributed by atoms with Crippen LogP contribution in [0.3, 0.4) is 0 Å². The minimum atomic E-state index is -1.50. The maximum Gasteiger partial charge on any atom is 0.328 e. The van der Waals surface area contributed by atoms with E-state index in [-0.39, 0.29) is 17.6 Å². The molecule has 0 aromatic carbocycles. The minimum absolute atomic E-state index is 0.149. The molecule has 5 atom stereocenters. The van der Waals surface area contributed by atoms with Crippen LogP contribution in [0.5, 0.6) is 0 Å². The molecule has 1 aliphatic heterocycles. The van der Waals surface area contributed by atoms with Gasteiger partial charge in [-0.2, -0.15) is 12.6 Å². The molecule has 5 unspecified atom stereocenters. The van der Waals surface area contributed by atoms with Gasteiger partial charge in [-0.3, -0.25) is 14.4 Å². The monoisotopic (exact) mass is 418 g/mol. The maximum atomic E-state index is 12.7. The zero-order chi connectivity index (χ0) is 21.6. The van der Waals surface area contributed by atoms with Crippen LogP contribution in [0.4, 0.5) is 0 Å². The third-order valence-electron chi connectivity index (χ3n) is 4.65. The Morgan fingerprint density at radius 1 is 1.18 bits per heavy atom. The molecular weight excluding hydrogens is 388 g/mol. The van der Waals surface area contributed by atoms with Gasteiger partial charge in [0.2, 0.25) is 17.7 Å². The second-order valence-electron chi connectivity index (χ2n) is 7.27. The second-order valence-corrected chi connectivity index (χ2v) is 7.64. The number of thiol groups is 1. The lowest BCUT2D eigenvalue weighted by Crippen LogP contribution is -2.59. The van der Waals surface area contributed by atoms with Gasteiger partial charge in [0.05, 0.1) is 12.1 Å². The van der Waals surface area contributed by atoms with Gasteiger partial charge in [0.1, 0.15) is 12.1 Å². The molecule has 1 fully saturated rings. The molecule has 0 aliphatic carbocycles. The van der Waals surface area contributed by atoms with Crippen molar-refractivity contribution in [2.24, 2.45) is 11.7 Å². The molecule has 0 saturated carbocycles. The largest absolute Gasteiger partial charge is 0.480 e. The summed E-state index contributed by atoms with van der Waals surface area (Å²) in [4.78, 5) is 50.2. The number of carbonyl (C=O) groups is 4. The molecule has 0 spiro atoms. The average molecular weight is 419 g/mol. The van der Waals surface area contributed by atoms with Crippen molar-refractivity contribution < 1.29 is 29.4 Å². The number of carbonyl (C=O) groups excluding carboxylic acids is 3. The number of nitrogens with two attached hydrogens (primary N) is 1. The van der Waals surface area contributed by atoms with Crippen LogP contribution in [0.15, 0.2) is 0 Å². The van der Waals surface area contributed by atoms with Crippen LogP contribution in [-0.4, -0.2) is 81.4 Å². The SMILES string of the molecule is CC(C)C(NC(=O)C1CCCN1C(=O)C(N)CS)C(=O)NC(C(=O)O)C(C)O. The van der Waals surface area contributed by atoms with Gasteiger partial charge in [-0.25, -0.2) is 4.79 Å². The maximum absolute atomic E-state index is 12.7. The number of hydrogen-bond donors (Lipinski definition) is 6. The molecule has 3 amide bonds. The third-order valence-corrected chi connectivity index (χ3v) is 5.04. The number of aliphatic hydroxyl groups is 1. The standard InChI is InChI=1S/C17H30N4O6S/c1-8(2)12(15(24)20-13(9(3)22)17(26)27)19-14(23)11-5-4-6-21(11)16(25)10(18)7-28/h8-13,22,28H,4-7,18H2,1-3H3,(H,19,23)(H,20,24)(H,26,27). The summed E-state index contributed by atoms with van der Waals surface area (Å²) in [5, 5.41) is 23.5. The van der Waals surface area contributed by atoms with Crippen LogP contribution >= 0.6 is 12.6 Å². The predicted molar refractivity (Wildman–Crippen MR) is 105 cm³/mol. The summed E-state index contributed by atoms with van der Waals surface area (Å²) in [5.41, 5.74) is 5.73. The highest BCUT2D eigenvalue weighted by atomic mass is 32.1. The van der Waals surface area contributed by atoms with Gasteiger partial charge in [-0.1, -0.05) is 13.8 Å². The molecule has 1 saturated heterocycles. The zero-order valence-corrected chi connectivity index (χ0v) is 17.2. The summed E-state index contributed by atoms with van der Waals surface area (Å²) in [6.07, 6.45) is -0.241. The van der Waals surface area contributed by atoms with Crippen LogP contribution in [0.1, 0.15) is 33.6 Å². The van der Waals surface area contributed by atoms with Gasteiger partial charge in [-0.05, 0) is 25.7 Å². The molecule has 1 rings (SSSR count). The van der Waals surface area contributed by atoms with Crippen LogP contribution in [-0.2, 0) is 19.2 Å². The summed E-state index contributed by atoms with van der Waals surface area (Å²) in [6.45, 7) is 5.02. The van der Waals surface area contributed by atoms with Gasteiger partial charge in [-0.15, -0.1) is 0 Å². The minimum Gasteiger partial charge on any atom is -0.480 e. The lowest BCUT2D eigenvalue weighted by Gasteiger charge is -2.29. The fraction of sp³-hybridized carbons (Fsp3) is 0.765. The summed E-state index contributed by atoms with van der Waals surface area (Å²) >= 11 is 4.01. The molecule has 6 N–H and O–H groups in total. The molecule has 10 nitrogen and oxygen atoms in total. The number of amides is 3. The number of hydrogen-bond acceptors (Lipinski definition) is 7. The van der Waals surface area contributed by atoms with Crippen molar-refractivity contribution in [3.8, 4) is 0 Å². The van der Waals surface area contributed by atoms with Gasteiger partial charge < -0.3 is 31.5 Å². The van der Waals surface area contributed by atoms with Gasteiger partial charge >= 0.3 is 5.97 Å². The molecule has 160 valence electrons. The first-order valence-electron chi connectivity index (χ1n) is 9.19. The molecular formula is C17H30N4O6S. The number of carboxylic acids is 1. The Labute approximate surface area is 169 Å². The Kier molecular flexibility index (Phi) is 9.18. The van der Waals surface area contributed by atoms with Gasteiger partial charge in [0.25, 0.3) is 0 Å². The predicted octanol–water partition coefficient (Wildman–Crippen LogP) is -1.67. The van der Waals surface area contributed by atoms with Crippen molar-refractivity contribution in [2.45, 2.75) is 63.9 Å². The number of likely N-dealkylation sites (tertiary alicyclic amines) is 1. The highest BCUT2D eigenvalue weighted by Gasteiger charge is 2.38. The molecule has 28 heavy (non-hydrogen) atoms. The quantitative estimate of drug-likeness (QED) is 0.244. The van der Waals surface area contributed by atoms with Crippen molar-refractivity contribution in [3.63, 3.8) is 0 Å². The van der Waals surface area contributed by atoms with E-state index in [9.17, 15) is 24.3 Å². The number of nitrogens with one attached hydrogen (secondary N) is 2. The first-order chi connectivity index (χ1) is 13.0. The number of aliphatic hydroxyl groups excluding tert-OH is 1. The van der Waals surface area contributed by atoms with Crippen LogP contribution in [0, 0.1) is 5.92 Å². The number of rotatable bonds is 9. The van der Waals surface area contributed by atoms with Crippen molar-refractivity contribution in [1.29, 1.82) is 0 Å². The van der Waals surface area contributed by atoms with Crippen molar-refractivity contribution >= 4 is 36.3 Å². The fourth-order valence-corrected chi connectivity index (χ4v) is 3.17. The molecule has 1 aliphatic rings. The number of aliphatic carboxylic acids is 1. The van der Waals surface area contributed by atoms with Crippen molar-refractivity contribution in [2.75, 3.05) is 12.3 Å². The van der Waals surface area contributed by atoms with E-state index in [0.29, 0.717) is 19.4 Å². The molecule has 0 aromatic rings. The summed E-state index contributed by atoms with van der Waals surface area (Å²) in [5.74, 6) is -3.19. The van der Waals surface area contributed by atoms with Crippen molar-refractivity contribution in [3.05, 3.63) is 0 Å². The fourth-order valence-electron chi connectivity index (χ4n) is 3.01. The lowest BCUT2D eigenvalue weighted by molar-refractivity contribution is -0.145. The first-order valence-corrected chi connectivity index (χ1v) is 9.83.